The molecule has 212 valence electrons. The Bertz CT molecular complexity index is 1610. The molecule has 4 heterocycles. The molecular formula is C33H36N4O4. The summed E-state index contributed by atoms with van der Waals surface area (Å²) in [5.74, 6) is -1.08. The van der Waals surface area contributed by atoms with Crippen molar-refractivity contribution in [2.75, 3.05) is 51.2 Å². The lowest BCUT2D eigenvalue weighted by Gasteiger charge is -2.20. The smallest absolute Gasteiger partial charge is 0.355 e. The predicted octanol–water partition coefficient (Wildman–Crippen LogP) is 5.86. The molecule has 0 radical (unpaired) electrons. The molecule has 0 saturated heterocycles. The van der Waals surface area contributed by atoms with Crippen molar-refractivity contribution in [1.29, 1.82) is 0 Å². The summed E-state index contributed by atoms with van der Waals surface area (Å²) in [5.41, 5.74) is 7.57. The van der Waals surface area contributed by atoms with Crippen LogP contribution in [0.3, 0.4) is 0 Å². The number of rotatable bonds is 9. The second kappa shape index (κ2) is 11.4. The number of benzene rings is 1. The summed E-state index contributed by atoms with van der Waals surface area (Å²) in [4.78, 5) is 30.4. The highest BCUT2D eigenvalue weighted by Crippen LogP contribution is 2.40. The van der Waals surface area contributed by atoms with Gasteiger partial charge in [-0.3, -0.25) is 0 Å². The van der Waals surface area contributed by atoms with Gasteiger partial charge in [-0.15, -0.1) is 0 Å². The van der Waals surface area contributed by atoms with Crippen LogP contribution in [0, 0.1) is 0 Å². The molecule has 0 unspecified atom stereocenters. The third-order valence-corrected chi connectivity index (χ3v) is 7.33. The number of carbonyl (C=O) groups is 2. The standard InChI is InChI=1S/C33H36N4O4/c1-7-40-32(38)29-20-25(27-18-23(34(3)4)14-16-36(27)29)31(22-12-10-9-11-13-22)26-21-30(33(39)41-8-2)37-17-15-24(35(5)6)19-28(26)37/h9-21,31H,7-8H2,1-6H3. The quantitative estimate of drug-likeness (QED) is 0.214. The molecule has 0 spiro atoms. The number of pyridine rings is 2. The van der Waals surface area contributed by atoms with Gasteiger partial charge in [-0.05, 0) is 66.9 Å². The Morgan fingerprint density at radius 2 is 1.12 bits per heavy atom. The summed E-state index contributed by atoms with van der Waals surface area (Å²) in [6, 6.07) is 22.1. The molecule has 0 atom stereocenters. The van der Waals surface area contributed by atoms with Crippen LogP contribution in [0.25, 0.3) is 11.0 Å². The average Bonchev–Trinajstić information content (AvgIpc) is 3.53. The first-order valence-corrected chi connectivity index (χ1v) is 13.8. The highest BCUT2D eigenvalue weighted by molar-refractivity contribution is 5.93. The van der Waals surface area contributed by atoms with E-state index in [1.165, 1.54) is 0 Å². The molecule has 0 amide bonds. The summed E-state index contributed by atoms with van der Waals surface area (Å²) < 4.78 is 14.7. The van der Waals surface area contributed by atoms with Gasteiger partial charge in [0.15, 0.2) is 0 Å². The van der Waals surface area contributed by atoms with Crippen molar-refractivity contribution >= 4 is 34.3 Å². The number of fused-ring (bicyclic) bond motifs is 2. The largest absolute Gasteiger partial charge is 0.461 e. The zero-order valence-corrected chi connectivity index (χ0v) is 24.4. The van der Waals surface area contributed by atoms with E-state index in [1.54, 1.807) is 13.8 Å². The molecule has 8 nitrogen and oxygen atoms in total. The Balaban J connectivity index is 1.87. The second-order valence-electron chi connectivity index (χ2n) is 10.3. The van der Waals surface area contributed by atoms with Crippen LogP contribution in [0.1, 0.15) is 57.4 Å². The molecule has 41 heavy (non-hydrogen) atoms. The Morgan fingerprint density at radius 3 is 1.51 bits per heavy atom. The summed E-state index contributed by atoms with van der Waals surface area (Å²) in [6.07, 6.45) is 3.82. The van der Waals surface area contributed by atoms with Gasteiger partial charge >= 0.3 is 11.9 Å². The van der Waals surface area contributed by atoms with Gasteiger partial charge in [-0.2, -0.15) is 0 Å². The van der Waals surface area contributed by atoms with Gasteiger partial charge < -0.3 is 28.1 Å². The first-order chi connectivity index (χ1) is 19.7. The van der Waals surface area contributed by atoms with E-state index in [0.717, 1.165) is 39.1 Å². The van der Waals surface area contributed by atoms with E-state index in [4.69, 9.17) is 9.47 Å². The summed E-state index contributed by atoms with van der Waals surface area (Å²) in [7, 11) is 7.96. The molecule has 8 heteroatoms. The van der Waals surface area contributed by atoms with Crippen molar-refractivity contribution in [2.45, 2.75) is 19.8 Å². The molecule has 0 saturated carbocycles. The number of hydrogen-bond acceptors (Lipinski definition) is 6. The van der Waals surface area contributed by atoms with Gasteiger partial charge in [-0.1, -0.05) is 30.3 Å². The van der Waals surface area contributed by atoms with Crippen molar-refractivity contribution in [1.82, 2.24) is 8.80 Å². The SMILES string of the molecule is CCOC(=O)c1cc(C(c2ccccc2)c2cc(C(=O)OCC)n3ccc(N(C)C)cc23)c2cc(N(C)C)ccn12. The minimum atomic E-state index is -0.387. The molecule has 0 fully saturated rings. The van der Waals surface area contributed by atoms with Crippen LogP contribution in [-0.4, -0.2) is 62.1 Å². The lowest BCUT2D eigenvalue weighted by Crippen LogP contribution is -2.11. The first kappa shape index (κ1) is 27.8. The van der Waals surface area contributed by atoms with E-state index < -0.39 is 0 Å². The number of esters is 2. The highest BCUT2D eigenvalue weighted by atomic mass is 16.5. The molecule has 5 rings (SSSR count). The number of nitrogens with zero attached hydrogens (tertiary/aromatic N) is 4. The normalized spacial score (nSPS) is 11.3. The van der Waals surface area contributed by atoms with Gasteiger partial charge in [0.25, 0.3) is 0 Å². The maximum Gasteiger partial charge on any atom is 0.355 e. The molecule has 0 aliphatic carbocycles. The fraction of sp³-hybridized carbons (Fsp3) is 0.273. The van der Waals surface area contributed by atoms with Gasteiger partial charge in [0.2, 0.25) is 0 Å². The predicted molar refractivity (Wildman–Crippen MR) is 163 cm³/mol. The molecule has 0 N–H and O–H groups in total. The molecule has 0 aliphatic rings. The monoisotopic (exact) mass is 552 g/mol. The van der Waals surface area contributed by atoms with Crippen molar-refractivity contribution < 1.29 is 19.1 Å². The van der Waals surface area contributed by atoms with Crippen LogP contribution in [0.15, 0.2) is 79.1 Å². The number of hydrogen-bond donors (Lipinski definition) is 0. The fourth-order valence-corrected chi connectivity index (χ4v) is 5.34. The molecule has 4 aromatic heterocycles. The van der Waals surface area contributed by atoms with Crippen molar-refractivity contribution in [3.8, 4) is 0 Å². The summed E-state index contributed by atoms with van der Waals surface area (Å²) >= 11 is 0. The maximum atomic E-state index is 13.2. The Morgan fingerprint density at radius 1 is 0.683 bits per heavy atom. The van der Waals surface area contributed by atoms with E-state index in [-0.39, 0.29) is 31.1 Å². The van der Waals surface area contributed by atoms with Crippen LogP contribution < -0.4 is 9.80 Å². The number of ether oxygens (including phenoxy) is 2. The number of anilines is 2. The van der Waals surface area contributed by atoms with E-state index >= 15 is 0 Å². The van der Waals surface area contributed by atoms with Crippen LogP contribution in [0.5, 0.6) is 0 Å². The van der Waals surface area contributed by atoms with Crippen LogP contribution in [-0.2, 0) is 9.47 Å². The molecule has 1 aromatic carbocycles. The third kappa shape index (κ3) is 5.13. The molecular weight excluding hydrogens is 516 g/mol. The Hall–Kier alpha value is -4.72. The fourth-order valence-electron chi connectivity index (χ4n) is 5.34. The summed E-state index contributed by atoms with van der Waals surface area (Å²) in [6.45, 7) is 4.16. The van der Waals surface area contributed by atoms with E-state index in [1.807, 2.05) is 102 Å². The molecule has 0 bridgehead atoms. The van der Waals surface area contributed by atoms with E-state index in [9.17, 15) is 9.59 Å². The van der Waals surface area contributed by atoms with Crippen molar-refractivity contribution in [3.63, 3.8) is 0 Å². The zero-order valence-electron chi connectivity index (χ0n) is 24.4. The lowest BCUT2D eigenvalue weighted by molar-refractivity contribution is 0.0509. The van der Waals surface area contributed by atoms with Gasteiger partial charge in [0.05, 0.1) is 24.2 Å². The second-order valence-corrected chi connectivity index (χ2v) is 10.3. The maximum absolute atomic E-state index is 13.2. The molecule has 0 aliphatic heterocycles. The third-order valence-electron chi connectivity index (χ3n) is 7.33. The number of carbonyl (C=O) groups excluding carboxylic acids is 2. The van der Waals surface area contributed by atoms with Gasteiger partial charge in [0, 0.05) is 57.9 Å². The Labute approximate surface area is 240 Å². The zero-order chi connectivity index (χ0) is 29.3. The minimum Gasteiger partial charge on any atom is -0.461 e. The number of aromatic nitrogens is 2. The van der Waals surface area contributed by atoms with E-state index in [0.29, 0.717) is 11.4 Å². The van der Waals surface area contributed by atoms with Gasteiger partial charge in [-0.25, -0.2) is 9.59 Å². The van der Waals surface area contributed by atoms with E-state index in [2.05, 4.69) is 24.3 Å². The van der Waals surface area contributed by atoms with Crippen molar-refractivity contribution in [2.24, 2.45) is 0 Å². The minimum absolute atomic E-state index is 0.277. The topological polar surface area (TPSA) is 67.9 Å². The molecule has 5 aromatic rings. The Kier molecular flexibility index (Phi) is 7.75. The highest BCUT2D eigenvalue weighted by Gasteiger charge is 2.29. The van der Waals surface area contributed by atoms with Crippen LogP contribution in [0.2, 0.25) is 0 Å². The van der Waals surface area contributed by atoms with Crippen LogP contribution in [0.4, 0.5) is 11.4 Å². The van der Waals surface area contributed by atoms with Gasteiger partial charge in [0.1, 0.15) is 11.4 Å². The first-order valence-electron chi connectivity index (χ1n) is 13.8. The van der Waals surface area contributed by atoms with Crippen LogP contribution >= 0.6 is 0 Å². The van der Waals surface area contributed by atoms with Crippen molar-refractivity contribution in [3.05, 3.63) is 107 Å². The average molecular weight is 553 g/mol. The summed E-state index contributed by atoms with van der Waals surface area (Å²) in [5, 5.41) is 0. The lowest BCUT2D eigenvalue weighted by atomic mass is 9.85.